The largest absolute Gasteiger partial charge is 0.486 e. The van der Waals surface area contributed by atoms with E-state index in [2.05, 4.69) is 6.92 Å². The lowest BCUT2D eigenvalue weighted by molar-refractivity contribution is -0.137. The summed E-state index contributed by atoms with van der Waals surface area (Å²) in [7, 11) is 0. The van der Waals surface area contributed by atoms with Crippen LogP contribution in [-0.4, -0.2) is 73.5 Å². The molecule has 0 saturated carbocycles. The van der Waals surface area contributed by atoms with Crippen molar-refractivity contribution >= 4 is 23.4 Å². The number of piperazine rings is 1. The van der Waals surface area contributed by atoms with Crippen molar-refractivity contribution in [1.82, 2.24) is 9.80 Å². The van der Waals surface area contributed by atoms with Crippen molar-refractivity contribution in [2.24, 2.45) is 5.92 Å². The summed E-state index contributed by atoms with van der Waals surface area (Å²) >= 11 is 0. The average molecular weight is 464 g/mol. The summed E-state index contributed by atoms with van der Waals surface area (Å²) in [6, 6.07) is 13.1. The van der Waals surface area contributed by atoms with Crippen molar-refractivity contribution < 1.29 is 23.9 Å². The van der Waals surface area contributed by atoms with E-state index in [0.29, 0.717) is 68.7 Å². The molecule has 1 unspecified atom stereocenters. The fraction of sp³-hybridized carbons (Fsp3) is 0.423. The predicted molar refractivity (Wildman–Crippen MR) is 126 cm³/mol. The highest BCUT2D eigenvalue weighted by atomic mass is 16.6. The number of amides is 3. The number of hydrogen-bond donors (Lipinski definition) is 0. The monoisotopic (exact) mass is 463 g/mol. The maximum absolute atomic E-state index is 13.2. The van der Waals surface area contributed by atoms with Crippen LogP contribution < -0.4 is 14.4 Å². The predicted octanol–water partition coefficient (Wildman–Crippen LogP) is 2.36. The van der Waals surface area contributed by atoms with E-state index in [4.69, 9.17) is 9.47 Å². The zero-order chi connectivity index (χ0) is 23.7. The number of anilines is 1. The lowest BCUT2D eigenvalue weighted by Crippen LogP contribution is -2.52. The van der Waals surface area contributed by atoms with E-state index >= 15 is 0 Å². The summed E-state index contributed by atoms with van der Waals surface area (Å²) in [5.74, 6) is 0.812. The van der Waals surface area contributed by atoms with Crippen molar-refractivity contribution in [3.05, 3.63) is 53.6 Å². The van der Waals surface area contributed by atoms with Crippen molar-refractivity contribution in [3.8, 4) is 11.5 Å². The third kappa shape index (κ3) is 4.32. The average Bonchev–Trinajstić information content (AvgIpc) is 3.29. The normalized spacial score (nSPS) is 20.0. The highest BCUT2D eigenvalue weighted by Gasteiger charge is 2.38. The number of ether oxygens (including phenoxy) is 2. The molecule has 2 fully saturated rings. The van der Waals surface area contributed by atoms with Gasteiger partial charge in [-0.3, -0.25) is 14.4 Å². The van der Waals surface area contributed by atoms with Crippen LogP contribution in [-0.2, 0) is 16.0 Å². The van der Waals surface area contributed by atoms with E-state index in [9.17, 15) is 14.4 Å². The Hall–Kier alpha value is -3.55. The van der Waals surface area contributed by atoms with Crippen LogP contribution in [0.1, 0.15) is 29.3 Å². The zero-order valence-electron chi connectivity index (χ0n) is 19.4. The molecule has 0 bridgehead atoms. The number of aryl methyl sites for hydroxylation is 1. The molecule has 0 aliphatic carbocycles. The molecule has 8 heteroatoms. The van der Waals surface area contributed by atoms with Crippen LogP contribution in [0.5, 0.6) is 11.5 Å². The minimum Gasteiger partial charge on any atom is -0.486 e. The maximum atomic E-state index is 13.2. The topological polar surface area (TPSA) is 79.4 Å². The molecule has 5 rings (SSSR count). The van der Waals surface area contributed by atoms with Gasteiger partial charge in [-0.1, -0.05) is 19.1 Å². The second-order valence-electron chi connectivity index (χ2n) is 8.90. The quantitative estimate of drug-likeness (QED) is 0.696. The van der Waals surface area contributed by atoms with Gasteiger partial charge in [-0.25, -0.2) is 0 Å². The van der Waals surface area contributed by atoms with Gasteiger partial charge in [0.15, 0.2) is 11.5 Å². The molecule has 1 atom stereocenters. The summed E-state index contributed by atoms with van der Waals surface area (Å²) in [6.45, 7) is 5.36. The molecule has 0 spiro atoms. The molecule has 0 N–H and O–H groups in total. The summed E-state index contributed by atoms with van der Waals surface area (Å²) in [5, 5.41) is 0. The number of carbonyl (C=O) groups excluding carboxylic acids is 3. The Morgan fingerprint density at radius 2 is 1.59 bits per heavy atom. The van der Waals surface area contributed by atoms with Gasteiger partial charge in [0.05, 0.1) is 5.92 Å². The second-order valence-corrected chi connectivity index (χ2v) is 8.90. The Morgan fingerprint density at radius 1 is 0.912 bits per heavy atom. The Labute approximate surface area is 199 Å². The number of nitrogens with zero attached hydrogens (tertiary/aromatic N) is 3. The van der Waals surface area contributed by atoms with Crippen LogP contribution in [0.15, 0.2) is 42.5 Å². The number of hydrogen-bond acceptors (Lipinski definition) is 5. The fourth-order valence-electron chi connectivity index (χ4n) is 4.78. The smallest absolute Gasteiger partial charge is 0.253 e. The van der Waals surface area contributed by atoms with Crippen LogP contribution in [0.4, 0.5) is 5.69 Å². The molecular weight excluding hydrogens is 434 g/mol. The number of rotatable bonds is 4. The number of fused-ring (bicyclic) bond motifs is 1. The minimum atomic E-state index is -0.385. The SMILES string of the molecule is CCc1ccc(C(=O)N2CCN(C(=O)C3CC(=O)N(c4ccc5c(c4)OCCO5)C3)CC2)cc1. The van der Waals surface area contributed by atoms with E-state index < -0.39 is 0 Å². The fourth-order valence-corrected chi connectivity index (χ4v) is 4.78. The van der Waals surface area contributed by atoms with Crippen molar-refractivity contribution in [2.45, 2.75) is 19.8 Å². The highest BCUT2D eigenvalue weighted by molar-refractivity contribution is 6.00. The lowest BCUT2D eigenvalue weighted by Gasteiger charge is -2.36. The van der Waals surface area contributed by atoms with Crippen LogP contribution in [0.3, 0.4) is 0 Å². The molecule has 2 aromatic carbocycles. The summed E-state index contributed by atoms with van der Waals surface area (Å²) in [5.41, 5.74) is 2.59. The van der Waals surface area contributed by atoms with Gasteiger partial charge in [0.25, 0.3) is 5.91 Å². The van der Waals surface area contributed by atoms with Crippen LogP contribution in [0.2, 0.25) is 0 Å². The van der Waals surface area contributed by atoms with Gasteiger partial charge in [-0.2, -0.15) is 0 Å². The Morgan fingerprint density at radius 3 is 2.29 bits per heavy atom. The van der Waals surface area contributed by atoms with E-state index in [0.717, 1.165) is 6.42 Å². The van der Waals surface area contributed by atoms with Gasteiger partial charge in [-0.05, 0) is 36.2 Å². The molecule has 3 amide bonds. The highest BCUT2D eigenvalue weighted by Crippen LogP contribution is 2.36. The number of carbonyl (C=O) groups is 3. The molecule has 3 aliphatic rings. The minimum absolute atomic E-state index is 0.00409. The number of benzene rings is 2. The van der Waals surface area contributed by atoms with E-state index in [-0.39, 0.29) is 30.1 Å². The van der Waals surface area contributed by atoms with Gasteiger partial charge in [0.1, 0.15) is 13.2 Å². The molecule has 2 aromatic rings. The molecule has 3 aliphatic heterocycles. The van der Waals surface area contributed by atoms with Crippen molar-refractivity contribution in [2.75, 3.05) is 50.8 Å². The van der Waals surface area contributed by atoms with Crippen LogP contribution >= 0.6 is 0 Å². The Balaban J connectivity index is 1.18. The van der Waals surface area contributed by atoms with E-state index in [1.54, 1.807) is 26.8 Å². The molecular formula is C26H29N3O5. The summed E-state index contributed by atoms with van der Waals surface area (Å²) in [4.78, 5) is 44.0. The maximum Gasteiger partial charge on any atom is 0.253 e. The summed E-state index contributed by atoms with van der Waals surface area (Å²) < 4.78 is 11.2. The second kappa shape index (κ2) is 9.37. The van der Waals surface area contributed by atoms with E-state index in [1.807, 2.05) is 30.3 Å². The van der Waals surface area contributed by atoms with Gasteiger partial charge in [0.2, 0.25) is 11.8 Å². The molecule has 0 aromatic heterocycles. The molecule has 0 radical (unpaired) electrons. The summed E-state index contributed by atoms with van der Waals surface area (Å²) in [6.07, 6.45) is 1.13. The lowest BCUT2D eigenvalue weighted by atomic mass is 10.1. The molecule has 8 nitrogen and oxygen atoms in total. The third-order valence-corrected chi connectivity index (χ3v) is 6.80. The van der Waals surface area contributed by atoms with Gasteiger partial charge < -0.3 is 24.2 Å². The Bertz CT molecular complexity index is 1090. The van der Waals surface area contributed by atoms with Crippen LogP contribution in [0.25, 0.3) is 0 Å². The van der Waals surface area contributed by atoms with Gasteiger partial charge in [-0.15, -0.1) is 0 Å². The first-order valence-corrected chi connectivity index (χ1v) is 11.9. The van der Waals surface area contributed by atoms with Crippen LogP contribution in [0, 0.1) is 5.92 Å². The molecule has 2 saturated heterocycles. The van der Waals surface area contributed by atoms with Crippen molar-refractivity contribution in [3.63, 3.8) is 0 Å². The standard InChI is InChI=1S/C26H29N3O5/c1-2-18-3-5-19(6-4-18)25(31)27-9-11-28(12-10-27)26(32)20-15-24(30)29(17-20)21-7-8-22-23(16-21)34-14-13-33-22/h3-8,16,20H,2,9-15,17H2,1H3. The third-order valence-electron chi connectivity index (χ3n) is 6.80. The molecule has 34 heavy (non-hydrogen) atoms. The zero-order valence-corrected chi connectivity index (χ0v) is 19.4. The van der Waals surface area contributed by atoms with Gasteiger partial charge in [0, 0.05) is 56.5 Å². The van der Waals surface area contributed by atoms with Crippen molar-refractivity contribution in [1.29, 1.82) is 0 Å². The molecule has 178 valence electrons. The Kier molecular flexibility index (Phi) is 6.13. The van der Waals surface area contributed by atoms with Gasteiger partial charge >= 0.3 is 0 Å². The first-order chi connectivity index (χ1) is 16.5. The first-order valence-electron chi connectivity index (χ1n) is 11.9. The van der Waals surface area contributed by atoms with E-state index in [1.165, 1.54) is 5.56 Å². The first kappa shape index (κ1) is 22.3. The molecule has 3 heterocycles.